The molecule has 0 spiro atoms. The molecule has 0 saturated carbocycles. The highest BCUT2D eigenvalue weighted by Crippen LogP contribution is 2.20. The Balaban J connectivity index is 2.00. The summed E-state index contributed by atoms with van der Waals surface area (Å²) in [5.41, 5.74) is 0. The molecule has 1 heterocycles. The van der Waals surface area contributed by atoms with E-state index in [1.54, 1.807) is 6.20 Å². The van der Waals surface area contributed by atoms with E-state index in [1.807, 2.05) is 6.92 Å². The highest BCUT2D eigenvalue weighted by atomic mass is 32.1. The second kappa shape index (κ2) is 5.96. The van der Waals surface area contributed by atoms with Gasteiger partial charge in [0.05, 0.1) is 0 Å². The van der Waals surface area contributed by atoms with E-state index in [-0.39, 0.29) is 5.75 Å². The molecule has 1 unspecified atom stereocenters. The maximum Gasteiger partial charge on any atom is 0.266 e. The SMILES string of the molecule is Cc1cnc(NC(=O)C(C)Oc2ccc(F)cc2F)s1. The van der Waals surface area contributed by atoms with Gasteiger partial charge in [-0.1, -0.05) is 0 Å². The summed E-state index contributed by atoms with van der Waals surface area (Å²) < 4.78 is 31.3. The lowest BCUT2D eigenvalue weighted by Gasteiger charge is -2.14. The van der Waals surface area contributed by atoms with E-state index in [0.717, 1.165) is 17.0 Å². The summed E-state index contributed by atoms with van der Waals surface area (Å²) in [4.78, 5) is 16.8. The molecule has 1 aromatic heterocycles. The maximum atomic E-state index is 13.4. The number of nitrogens with one attached hydrogen (secondary N) is 1. The molecule has 106 valence electrons. The summed E-state index contributed by atoms with van der Waals surface area (Å²) in [6.07, 6.45) is 0.699. The van der Waals surface area contributed by atoms with Crippen molar-refractivity contribution in [2.24, 2.45) is 0 Å². The zero-order valence-electron chi connectivity index (χ0n) is 10.8. The first kappa shape index (κ1) is 14.4. The van der Waals surface area contributed by atoms with Gasteiger partial charge < -0.3 is 4.74 Å². The number of anilines is 1. The molecule has 1 amide bonds. The number of hydrogen-bond donors (Lipinski definition) is 1. The van der Waals surface area contributed by atoms with Crippen LogP contribution in [0.25, 0.3) is 0 Å². The van der Waals surface area contributed by atoms with Crippen LogP contribution in [0.1, 0.15) is 11.8 Å². The van der Waals surface area contributed by atoms with Crippen LogP contribution in [0, 0.1) is 18.6 Å². The zero-order valence-corrected chi connectivity index (χ0v) is 11.6. The molecule has 1 aromatic carbocycles. The minimum absolute atomic E-state index is 0.177. The summed E-state index contributed by atoms with van der Waals surface area (Å²) in [7, 11) is 0. The highest BCUT2D eigenvalue weighted by Gasteiger charge is 2.18. The van der Waals surface area contributed by atoms with Gasteiger partial charge in [-0.3, -0.25) is 10.1 Å². The Hall–Kier alpha value is -2.02. The third-order valence-corrected chi connectivity index (χ3v) is 3.25. The van der Waals surface area contributed by atoms with Crippen molar-refractivity contribution in [2.45, 2.75) is 20.0 Å². The van der Waals surface area contributed by atoms with E-state index in [9.17, 15) is 13.6 Å². The molecule has 2 aromatic rings. The Kier molecular flexibility index (Phi) is 4.29. The van der Waals surface area contributed by atoms with E-state index in [2.05, 4.69) is 10.3 Å². The Labute approximate surface area is 118 Å². The molecule has 0 aliphatic carbocycles. The van der Waals surface area contributed by atoms with E-state index >= 15 is 0 Å². The van der Waals surface area contributed by atoms with Crippen molar-refractivity contribution < 1.29 is 18.3 Å². The number of thiazole rings is 1. The van der Waals surface area contributed by atoms with Crippen molar-refractivity contribution >= 4 is 22.4 Å². The van der Waals surface area contributed by atoms with Crippen molar-refractivity contribution in [3.05, 3.63) is 40.9 Å². The average molecular weight is 298 g/mol. The number of carbonyl (C=O) groups excluding carboxylic acids is 1. The van der Waals surface area contributed by atoms with Gasteiger partial charge in [0, 0.05) is 17.1 Å². The van der Waals surface area contributed by atoms with Gasteiger partial charge in [-0.05, 0) is 26.0 Å². The monoisotopic (exact) mass is 298 g/mol. The first-order valence-electron chi connectivity index (χ1n) is 5.80. The van der Waals surface area contributed by atoms with Gasteiger partial charge in [0.2, 0.25) is 0 Å². The molecule has 0 bridgehead atoms. The van der Waals surface area contributed by atoms with Gasteiger partial charge in [-0.15, -0.1) is 11.3 Å². The minimum atomic E-state index is -0.931. The molecule has 0 fully saturated rings. The fraction of sp³-hybridized carbons (Fsp3) is 0.231. The summed E-state index contributed by atoms with van der Waals surface area (Å²) in [6, 6.07) is 2.90. The van der Waals surface area contributed by atoms with E-state index in [0.29, 0.717) is 11.2 Å². The lowest BCUT2D eigenvalue weighted by Crippen LogP contribution is -2.30. The number of nitrogens with zero attached hydrogens (tertiary/aromatic N) is 1. The van der Waals surface area contributed by atoms with Gasteiger partial charge in [-0.25, -0.2) is 13.8 Å². The average Bonchev–Trinajstić information content (AvgIpc) is 2.78. The second-order valence-corrected chi connectivity index (χ2v) is 5.33. The van der Waals surface area contributed by atoms with Crippen LogP contribution in [0.3, 0.4) is 0 Å². The maximum absolute atomic E-state index is 13.4. The molecule has 0 radical (unpaired) electrons. The van der Waals surface area contributed by atoms with Crippen molar-refractivity contribution in [1.82, 2.24) is 4.98 Å². The van der Waals surface area contributed by atoms with Crippen molar-refractivity contribution in [1.29, 1.82) is 0 Å². The van der Waals surface area contributed by atoms with Crippen LogP contribution in [0.2, 0.25) is 0 Å². The summed E-state index contributed by atoms with van der Waals surface area (Å²) >= 11 is 1.32. The number of rotatable bonds is 4. The van der Waals surface area contributed by atoms with Crippen LogP contribution < -0.4 is 10.1 Å². The summed E-state index contributed by atoms with van der Waals surface area (Å²) in [5, 5.41) is 3.01. The number of amides is 1. The number of carbonyl (C=O) groups is 1. The lowest BCUT2D eigenvalue weighted by atomic mass is 10.3. The van der Waals surface area contributed by atoms with Crippen molar-refractivity contribution in [3.8, 4) is 5.75 Å². The number of ether oxygens (including phenoxy) is 1. The Morgan fingerprint density at radius 3 is 2.80 bits per heavy atom. The van der Waals surface area contributed by atoms with Crippen LogP contribution in [0.15, 0.2) is 24.4 Å². The standard InChI is InChI=1S/C13H12F2N2O2S/c1-7-6-16-13(20-7)17-12(18)8(2)19-11-4-3-9(14)5-10(11)15/h3-6,8H,1-2H3,(H,16,17,18). The molecular formula is C13H12F2N2O2S. The first-order valence-corrected chi connectivity index (χ1v) is 6.62. The van der Waals surface area contributed by atoms with Crippen LogP contribution in [-0.2, 0) is 4.79 Å². The normalized spacial score (nSPS) is 12.0. The topological polar surface area (TPSA) is 51.2 Å². The molecule has 0 aliphatic rings. The second-order valence-electron chi connectivity index (χ2n) is 4.10. The number of aryl methyl sites for hydroxylation is 1. The first-order chi connectivity index (χ1) is 9.45. The predicted molar refractivity (Wildman–Crippen MR) is 71.9 cm³/mol. The molecule has 7 heteroatoms. The number of hydrogen-bond acceptors (Lipinski definition) is 4. The number of halogens is 2. The van der Waals surface area contributed by atoms with Crippen molar-refractivity contribution in [2.75, 3.05) is 5.32 Å². The molecule has 1 N–H and O–H groups in total. The van der Waals surface area contributed by atoms with E-state index in [1.165, 1.54) is 18.3 Å². The molecular weight excluding hydrogens is 286 g/mol. The highest BCUT2D eigenvalue weighted by molar-refractivity contribution is 7.15. The summed E-state index contributed by atoms with van der Waals surface area (Å²) in [6.45, 7) is 3.33. The fourth-order valence-corrected chi connectivity index (χ4v) is 2.10. The summed E-state index contributed by atoms with van der Waals surface area (Å²) in [5.74, 6) is -2.19. The molecule has 1 atom stereocenters. The molecule has 0 aliphatic heterocycles. The predicted octanol–water partition coefficient (Wildman–Crippen LogP) is 3.14. The Morgan fingerprint density at radius 1 is 1.45 bits per heavy atom. The van der Waals surface area contributed by atoms with Gasteiger partial charge in [0.25, 0.3) is 5.91 Å². The zero-order chi connectivity index (χ0) is 14.7. The Bertz CT molecular complexity index is 631. The fourth-order valence-electron chi connectivity index (χ4n) is 1.43. The van der Waals surface area contributed by atoms with Gasteiger partial charge >= 0.3 is 0 Å². The van der Waals surface area contributed by atoms with Crippen LogP contribution in [0.5, 0.6) is 5.75 Å². The molecule has 20 heavy (non-hydrogen) atoms. The quantitative estimate of drug-likeness (QED) is 0.943. The van der Waals surface area contributed by atoms with Gasteiger partial charge in [0.1, 0.15) is 5.82 Å². The molecule has 2 rings (SSSR count). The third kappa shape index (κ3) is 3.51. The number of benzene rings is 1. The third-order valence-electron chi connectivity index (χ3n) is 2.42. The molecule has 4 nitrogen and oxygen atoms in total. The van der Waals surface area contributed by atoms with Crippen LogP contribution >= 0.6 is 11.3 Å². The largest absolute Gasteiger partial charge is 0.478 e. The molecule has 0 saturated heterocycles. The van der Waals surface area contributed by atoms with E-state index in [4.69, 9.17) is 4.74 Å². The van der Waals surface area contributed by atoms with E-state index < -0.39 is 23.6 Å². The van der Waals surface area contributed by atoms with Gasteiger partial charge in [0.15, 0.2) is 22.8 Å². The minimum Gasteiger partial charge on any atom is -0.478 e. The smallest absolute Gasteiger partial charge is 0.266 e. The lowest BCUT2D eigenvalue weighted by molar-refractivity contribution is -0.122. The Morgan fingerprint density at radius 2 is 2.20 bits per heavy atom. The van der Waals surface area contributed by atoms with Gasteiger partial charge in [-0.2, -0.15) is 0 Å². The number of aromatic nitrogens is 1. The van der Waals surface area contributed by atoms with Crippen LogP contribution in [-0.4, -0.2) is 17.0 Å². The van der Waals surface area contributed by atoms with Crippen molar-refractivity contribution in [3.63, 3.8) is 0 Å². The van der Waals surface area contributed by atoms with Crippen LogP contribution in [0.4, 0.5) is 13.9 Å².